The number of nitrogens with one attached hydrogen (secondary N) is 1. The van der Waals surface area contributed by atoms with Gasteiger partial charge in [-0.25, -0.2) is 12.8 Å². The van der Waals surface area contributed by atoms with E-state index in [2.05, 4.69) is 5.32 Å². The number of nitrogens with zero attached hydrogens (tertiary/aromatic N) is 2. The van der Waals surface area contributed by atoms with Crippen LogP contribution in [-0.2, 0) is 21.2 Å². The summed E-state index contributed by atoms with van der Waals surface area (Å²) in [5.41, 5.74) is 2.03. The molecule has 0 aromatic heterocycles. The van der Waals surface area contributed by atoms with E-state index in [4.69, 9.17) is 0 Å². The summed E-state index contributed by atoms with van der Waals surface area (Å²) in [6, 6.07) is 10.3. The number of rotatable bonds is 5. The standard InChI is InChI=1S/C19H20FN3O4S/c1-22(12-18(24)21-16-5-3-4-15(20)11-16)19(25)14-6-7-17-13(10-14)8-9-23(17)28(2,26)27/h3-7,10-11H,8-9,12H2,1-2H3,(H,21,24). The van der Waals surface area contributed by atoms with Crippen LogP contribution in [0.2, 0.25) is 0 Å². The van der Waals surface area contributed by atoms with Crippen LogP contribution in [-0.4, -0.2) is 51.5 Å². The van der Waals surface area contributed by atoms with E-state index in [1.165, 1.54) is 34.5 Å². The molecule has 2 amide bonds. The number of sulfonamides is 1. The molecule has 9 heteroatoms. The molecule has 0 unspecified atom stereocenters. The SMILES string of the molecule is CN(CC(=O)Nc1cccc(F)c1)C(=O)c1ccc2c(c1)CCN2S(C)(=O)=O. The number of benzene rings is 2. The van der Waals surface area contributed by atoms with E-state index in [0.29, 0.717) is 29.9 Å². The number of likely N-dealkylation sites (N-methyl/N-ethyl adjacent to an activating group) is 1. The molecule has 0 fully saturated rings. The first-order valence-corrected chi connectivity index (χ1v) is 10.4. The van der Waals surface area contributed by atoms with Crippen molar-refractivity contribution in [3.05, 3.63) is 59.4 Å². The maximum absolute atomic E-state index is 13.2. The number of hydrogen-bond donors (Lipinski definition) is 1. The van der Waals surface area contributed by atoms with Gasteiger partial charge in [-0.3, -0.25) is 13.9 Å². The summed E-state index contributed by atoms with van der Waals surface area (Å²) in [7, 11) is -1.87. The predicted molar refractivity (Wildman–Crippen MR) is 104 cm³/mol. The van der Waals surface area contributed by atoms with Crippen molar-refractivity contribution in [2.45, 2.75) is 6.42 Å². The van der Waals surface area contributed by atoms with E-state index >= 15 is 0 Å². The molecule has 1 heterocycles. The number of anilines is 2. The minimum absolute atomic E-state index is 0.206. The fraction of sp³-hybridized carbons (Fsp3) is 0.263. The van der Waals surface area contributed by atoms with Crippen LogP contribution in [0.4, 0.5) is 15.8 Å². The molecule has 28 heavy (non-hydrogen) atoms. The Balaban J connectivity index is 1.68. The summed E-state index contributed by atoms with van der Waals surface area (Å²) in [4.78, 5) is 26.0. The number of carbonyl (C=O) groups excluding carboxylic acids is 2. The average molecular weight is 405 g/mol. The largest absolute Gasteiger partial charge is 0.332 e. The lowest BCUT2D eigenvalue weighted by Crippen LogP contribution is -2.35. The van der Waals surface area contributed by atoms with Crippen LogP contribution in [0.25, 0.3) is 0 Å². The molecule has 0 saturated carbocycles. The van der Waals surface area contributed by atoms with Gasteiger partial charge in [-0.15, -0.1) is 0 Å². The van der Waals surface area contributed by atoms with Gasteiger partial charge in [-0.05, 0) is 48.4 Å². The molecule has 0 aliphatic carbocycles. The highest BCUT2D eigenvalue weighted by molar-refractivity contribution is 7.92. The fourth-order valence-electron chi connectivity index (χ4n) is 3.12. The zero-order valence-corrected chi connectivity index (χ0v) is 16.3. The van der Waals surface area contributed by atoms with Crippen molar-refractivity contribution in [2.24, 2.45) is 0 Å². The topological polar surface area (TPSA) is 86.8 Å². The van der Waals surface area contributed by atoms with E-state index in [9.17, 15) is 22.4 Å². The molecular weight excluding hydrogens is 385 g/mol. The Labute approximate surface area is 162 Å². The highest BCUT2D eigenvalue weighted by Gasteiger charge is 2.27. The lowest BCUT2D eigenvalue weighted by molar-refractivity contribution is -0.116. The summed E-state index contributed by atoms with van der Waals surface area (Å²) < 4.78 is 38.1. The van der Waals surface area contributed by atoms with Gasteiger partial charge in [0.1, 0.15) is 5.82 Å². The van der Waals surface area contributed by atoms with Gasteiger partial charge in [-0.2, -0.15) is 0 Å². The number of fused-ring (bicyclic) bond motifs is 1. The lowest BCUT2D eigenvalue weighted by atomic mass is 10.1. The third-order valence-electron chi connectivity index (χ3n) is 4.42. The van der Waals surface area contributed by atoms with Crippen molar-refractivity contribution in [1.82, 2.24) is 4.90 Å². The first kappa shape index (κ1) is 19.8. The maximum atomic E-state index is 13.2. The van der Waals surface area contributed by atoms with E-state index in [-0.39, 0.29) is 12.5 Å². The van der Waals surface area contributed by atoms with Gasteiger partial charge in [0.15, 0.2) is 0 Å². The first-order chi connectivity index (χ1) is 13.1. The van der Waals surface area contributed by atoms with Crippen LogP contribution in [0.1, 0.15) is 15.9 Å². The Bertz CT molecular complexity index is 1040. The third kappa shape index (κ3) is 4.30. The molecule has 2 aromatic rings. The number of carbonyl (C=O) groups is 2. The van der Waals surface area contributed by atoms with Crippen LogP contribution < -0.4 is 9.62 Å². The summed E-state index contributed by atoms with van der Waals surface area (Å²) in [5.74, 6) is -1.29. The molecule has 3 rings (SSSR count). The van der Waals surface area contributed by atoms with Crippen molar-refractivity contribution in [1.29, 1.82) is 0 Å². The average Bonchev–Trinajstić information content (AvgIpc) is 3.04. The third-order valence-corrected chi connectivity index (χ3v) is 5.60. The zero-order chi connectivity index (χ0) is 20.5. The monoisotopic (exact) mass is 405 g/mol. The molecular formula is C19H20FN3O4S. The normalized spacial score (nSPS) is 13.2. The quantitative estimate of drug-likeness (QED) is 0.823. The van der Waals surface area contributed by atoms with Crippen molar-refractivity contribution < 1.29 is 22.4 Å². The van der Waals surface area contributed by atoms with E-state index in [1.807, 2.05) is 0 Å². The van der Waals surface area contributed by atoms with E-state index in [1.54, 1.807) is 24.3 Å². The Morgan fingerprint density at radius 1 is 1.21 bits per heavy atom. The van der Waals surface area contributed by atoms with Crippen molar-refractivity contribution in [2.75, 3.05) is 36.0 Å². The molecule has 0 radical (unpaired) electrons. The summed E-state index contributed by atoms with van der Waals surface area (Å²) in [5, 5.41) is 2.54. The van der Waals surface area contributed by atoms with E-state index < -0.39 is 21.7 Å². The molecule has 148 valence electrons. The zero-order valence-electron chi connectivity index (χ0n) is 15.5. The molecule has 2 aromatic carbocycles. The second-order valence-corrected chi connectivity index (χ2v) is 8.56. The van der Waals surface area contributed by atoms with Crippen LogP contribution in [0.3, 0.4) is 0 Å². The second kappa shape index (κ2) is 7.59. The van der Waals surface area contributed by atoms with Gasteiger partial charge >= 0.3 is 0 Å². The Kier molecular flexibility index (Phi) is 5.37. The molecule has 0 spiro atoms. The molecule has 1 aliphatic heterocycles. The smallest absolute Gasteiger partial charge is 0.254 e. The minimum Gasteiger partial charge on any atom is -0.332 e. The highest BCUT2D eigenvalue weighted by atomic mass is 32.2. The van der Waals surface area contributed by atoms with Gasteiger partial charge in [0.2, 0.25) is 15.9 Å². The minimum atomic E-state index is -3.36. The number of halogens is 1. The number of amides is 2. The lowest BCUT2D eigenvalue weighted by Gasteiger charge is -2.19. The molecule has 7 nitrogen and oxygen atoms in total. The second-order valence-electron chi connectivity index (χ2n) is 6.65. The highest BCUT2D eigenvalue weighted by Crippen LogP contribution is 2.30. The summed E-state index contributed by atoms with van der Waals surface area (Å²) >= 11 is 0. The summed E-state index contributed by atoms with van der Waals surface area (Å²) in [6.45, 7) is 0.138. The van der Waals surface area contributed by atoms with Gasteiger partial charge in [-0.1, -0.05) is 6.07 Å². The van der Waals surface area contributed by atoms with Gasteiger partial charge in [0.05, 0.1) is 18.5 Å². The first-order valence-electron chi connectivity index (χ1n) is 8.56. The summed E-state index contributed by atoms with van der Waals surface area (Å²) in [6.07, 6.45) is 1.67. The van der Waals surface area contributed by atoms with Crippen molar-refractivity contribution in [3.8, 4) is 0 Å². The molecule has 1 aliphatic rings. The van der Waals surface area contributed by atoms with Crippen LogP contribution >= 0.6 is 0 Å². The fourth-order valence-corrected chi connectivity index (χ4v) is 4.08. The van der Waals surface area contributed by atoms with Gasteiger partial charge in [0.25, 0.3) is 5.91 Å². The van der Waals surface area contributed by atoms with E-state index in [0.717, 1.165) is 11.8 Å². The Hall–Kier alpha value is -2.94. The molecule has 0 bridgehead atoms. The molecule has 0 saturated heterocycles. The Morgan fingerprint density at radius 2 is 1.96 bits per heavy atom. The van der Waals surface area contributed by atoms with Gasteiger partial charge < -0.3 is 10.2 Å². The van der Waals surface area contributed by atoms with Crippen LogP contribution in [0, 0.1) is 5.82 Å². The van der Waals surface area contributed by atoms with Crippen molar-refractivity contribution >= 4 is 33.2 Å². The van der Waals surface area contributed by atoms with Gasteiger partial charge in [0, 0.05) is 24.8 Å². The van der Waals surface area contributed by atoms with Crippen molar-refractivity contribution in [3.63, 3.8) is 0 Å². The van der Waals surface area contributed by atoms with Crippen LogP contribution in [0.5, 0.6) is 0 Å². The van der Waals surface area contributed by atoms with Crippen LogP contribution in [0.15, 0.2) is 42.5 Å². The number of hydrogen-bond acceptors (Lipinski definition) is 4. The Morgan fingerprint density at radius 3 is 2.64 bits per heavy atom. The predicted octanol–water partition coefficient (Wildman–Crippen LogP) is 1.86. The maximum Gasteiger partial charge on any atom is 0.254 e. The molecule has 1 N–H and O–H groups in total. The molecule has 0 atom stereocenters.